The summed E-state index contributed by atoms with van der Waals surface area (Å²) in [6, 6.07) is 9.20. The number of rotatable bonds is 2. The number of carbonyl (C=O) groups is 2. The van der Waals surface area contributed by atoms with Gasteiger partial charge in [0.05, 0.1) is 6.04 Å². The average molecular weight is 376 g/mol. The maximum Gasteiger partial charge on any atom is 0.302 e. The van der Waals surface area contributed by atoms with Gasteiger partial charge < -0.3 is 9.64 Å². The molecule has 4 heterocycles. The summed E-state index contributed by atoms with van der Waals surface area (Å²) < 4.78 is 5.20. The summed E-state index contributed by atoms with van der Waals surface area (Å²) in [5.74, 6) is 0.342. The van der Waals surface area contributed by atoms with Crippen LogP contribution < -0.4 is 4.90 Å². The van der Waals surface area contributed by atoms with E-state index in [1.807, 2.05) is 0 Å². The van der Waals surface area contributed by atoms with E-state index in [1.165, 1.54) is 23.6 Å². The number of nitrogens with zero attached hydrogens (tertiary/aromatic N) is 2. The van der Waals surface area contributed by atoms with Gasteiger partial charge in [-0.1, -0.05) is 24.3 Å². The first-order chi connectivity index (χ1) is 13.6. The number of anilines is 1. The third-order valence-corrected chi connectivity index (χ3v) is 7.68. The van der Waals surface area contributed by atoms with Gasteiger partial charge in [0.1, 0.15) is 6.61 Å². The van der Waals surface area contributed by atoms with Gasteiger partial charge in [-0.15, -0.1) is 0 Å². The van der Waals surface area contributed by atoms with Gasteiger partial charge >= 0.3 is 5.97 Å². The highest BCUT2D eigenvalue weighted by molar-refractivity contribution is 6.00. The molecule has 2 bridgehead atoms. The van der Waals surface area contributed by atoms with Crippen LogP contribution in [0.25, 0.3) is 0 Å². The van der Waals surface area contributed by atoms with Gasteiger partial charge in [0, 0.05) is 43.0 Å². The quantitative estimate of drug-likeness (QED) is 0.588. The molecule has 4 aliphatic heterocycles. The van der Waals surface area contributed by atoms with Crippen molar-refractivity contribution in [3.8, 4) is 0 Å². The first-order valence-electron chi connectivity index (χ1n) is 10.3. The average Bonchev–Trinajstić information content (AvgIpc) is 3.22. The molecule has 3 fully saturated rings. The minimum absolute atomic E-state index is 0.0381. The Balaban J connectivity index is 1.50. The molecule has 144 valence electrons. The van der Waals surface area contributed by atoms with E-state index in [0.29, 0.717) is 25.0 Å². The number of piperidine rings is 1. The third-order valence-electron chi connectivity index (χ3n) is 7.68. The summed E-state index contributed by atoms with van der Waals surface area (Å²) in [6.07, 6.45) is 7.01. The monoisotopic (exact) mass is 376 g/mol. The van der Waals surface area contributed by atoms with E-state index in [0.717, 1.165) is 31.6 Å². The zero-order chi connectivity index (χ0) is 19.0. The van der Waals surface area contributed by atoms with E-state index in [1.54, 1.807) is 0 Å². The molecule has 0 aromatic heterocycles. The lowest BCUT2D eigenvalue weighted by Gasteiger charge is -2.54. The van der Waals surface area contributed by atoms with Crippen LogP contribution in [0.15, 0.2) is 47.6 Å². The second kappa shape index (κ2) is 5.57. The molecule has 1 saturated carbocycles. The van der Waals surface area contributed by atoms with Crippen LogP contribution in [0.5, 0.6) is 0 Å². The molecule has 5 nitrogen and oxygen atoms in total. The number of hydrogen-bond acceptors (Lipinski definition) is 4. The Kier molecular flexibility index (Phi) is 3.29. The van der Waals surface area contributed by atoms with Gasteiger partial charge in [-0.3, -0.25) is 14.5 Å². The highest BCUT2D eigenvalue weighted by Gasteiger charge is 2.67. The lowest BCUT2D eigenvalue weighted by molar-refractivity contribution is -0.139. The first-order valence-corrected chi connectivity index (χ1v) is 10.3. The van der Waals surface area contributed by atoms with Crippen molar-refractivity contribution >= 4 is 17.6 Å². The van der Waals surface area contributed by atoms with Gasteiger partial charge in [-0.25, -0.2) is 0 Å². The highest BCUT2D eigenvalue weighted by Crippen LogP contribution is 2.63. The summed E-state index contributed by atoms with van der Waals surface area (Å²) in [5, 5.41) is 0. The molecule has 1 spiro atoms. The van der Waals surface area contributed by atoms with Crippen molar-refractivity contribution in [1.29, 1.82) is 0 Å². The van der Waals surface area contributed by atoms with Crippen LogP contribution in [0.2, 0.25) is 0 Å². The molecule has 1 aromatic rings. The topological polar surface area (TPSA) is 49.9 Å². The predicted octanol–water partition coefficient (Wildman–Crippen LogP) is 2.57. The van der Waals surface area contributed by atoms with Crippen LogP contribution in [0, 0.1) is 5.92 Å². The summed E-state index contributed by atoms with van der Waals surface area (Å²) in [6.45, 7) is 3.79. The van der Waals surface area contributed by atoms with Crippen LogP contribution in [0.3, 0.4) is 0 Å². The van der Waals surface area contributed by atoms with Crippen molar-refractivity contribution in [2.45, 2.75) is 43.7 Å². The normalized spacial score (nSPS) is 36.2. The standard InChI is InChI=1S/C23H24N2O3/c1-14(26)28-11-8-15-13-24-10-9-23-18-4-2-3-5-19(18)25-21(27)7-6-16(22(23)25)17(15)12-20(23)24/h2-6,8,17,20,22H,7,9-13H2,1H3/b15-8+/t17-,20-,22-,23+/m0/s1. The number of carbonyl (C=O) groups excluding carboxylic acids is 2. The number of benzene rings is 1. The Morgan fingerprint density at radius 1 is 1.36 bits per heavy atom. The van der Waals surface area contributed by atoms with E-state index in [2.05, 4.69) is 46.2 Å². The number of fused-ring (bicyclic) bond motifs is 4. The molecular formula is C23H24N2O3. The summed E-state index contributed by atoms with van der Waals surface area (Å²) >= 11 is 0. The van der Waals surface area contributed by atoms with Crippen LogP contribution in [0.1, 0.15) is 31.7 Å². The van der Waals surface area contributed by atoms with Crippen molar-refractivity contribution in [3.05, 3.63) is 53.1 Å². The zero-order valence-electron chi connectivity index (χ0n) is 16.1. The maximum absolute atomic E-state index is 13.0. The number of esters is 1. The SMILES string of the molecule is CC(=O)OC/C=C1\CN2CC[C@@]34c5ccccc5N5C(=O)CC=C([C@H]1C[C@H]23)[C@H]54. The van der Waals surface area contributed by atoms with Crippen LogP contribution in [-0.4, -0.2) is 48.6 Å². The Labute approximate surface area is 164 Å². The lowest BCUT2D eigenvalue weighted by Crippen LogP contribution is -2.62. The molecule has 5 heteroatoms. The van der Waals surface area contributed by atoms with Crippen molar-refractivity contribution in [2.75, 3.05) is 24.6 Å². The molecule has 4 atom stereocenters. The smallest absolute Gasteiger partial charge is 0.302 e. The minimum Gasteiger partial charge on any atom is -0.462 e. The molecule has 6 rings (SSSR count). The summed E-state index contributed by atoms with van der Waals surface area (Å²) in [4.78, 5) is 28.9. The molecule has 1 aromatic carbocycles. The van der Waals surface area contributed by atoms with Gasteiger partial charge in [0.15, 0.2) is 0 Å². The number of amides is 1. The Morgan fingerprint density at radius 3 is 3.07 bits per heavy atom. The van der Waals surface area contributed by atoms with Crippen LogP contribution in [-0.2, 0) is 19.7 Å². The van der Waals surface area contributed by atoms with Crippen molar-refractivity contribution < 1.29 is 14.3 Å². The fraction of sp³-hybridized carbons (Fsp3) is 0.478. The predicted molar refractivity (Wildman–Crippen MR) is 105 cm³/mol. The molecule has 1 amide bonds. The minimum atomic E-state index is -0.241. The molecule has 0 N–H and O–H groups in total. The zero-order valence-corrected chi connectivity index (χ0v) is 16.1. The van der Waals surface area contributed by atoms with Gasteiger partial charge in [0.2, 0.25) is 5.91 Å². The van der Waals surface area contributed by atoms with E-state index in [-0.39, 0.29) is 23.3 Å². The molecule has 5 aliphatic rings. The van der Waals surface area contributed by atoms with Crippen molar-refractivity contribution in [2.24, 2.45) is 5.92 Å². The summed E-state index contributed by atoms with van der Waals surface area (Å²) in [7, 11) is 0. The fourth-order valence-corrected chi connectivity index (χ4v) is 6.77. The Morgan fingerprint density at radius 2 is 2.21 bits per heavy atom. The van der Waals surface area contributed by atoms with Crippen LogP contribution >= 0.6 is 0 Å². The van der Waals surface area contributed by atoms with Crippen molar-refractivity contribution in [3.63, 3.8) is 0 Å². The van der Waals surface area contributed by atoms with E-state index in [9.17, 15) is 9.59 Å². The summed E-state index contributed by atoms with van der Waals surface area (Å²) in [5.41, 5.74) is 5.31. The third kappa shape index (κ3) is 1.90. The van der Waals surface area contributed by atoms with Crippen LogP contribution in [0.4, 0.5) is 5.69 Å². The first kappa shape index (κ1) is 16.5. The van der Waals surface area contributed by atoms with Crippen molar-refractivity contribution in [1.82, 2.24) is 4.90 Å². The second-order valence-electron chi connectivity index (χ2n) is 8.74. The van der Waals surface area contributed by atoms with E-state index in [4.69, 9.17) is 4.74 Å². The number of para-hydroxylation sites is 1. The molecule has 28 heavy (non-hydrogen) atoms. The van der Waals surface area contributed by atoms with Gasteiger partial charge in [-0.05, 0) is 48.2 Å². The van der Waals surface area contributed by atoms with E-state index >= 15 is 0 Å². The Hall–Kier alpha value is -2.40. The number of ether oxygens (including phenoxy) is 1. The fourth-order valence-electron chi connectivity index (χ4n) is 6.77. The number of hydrogen-bond donors (Lipinski definition) is 0. The molecule has 1 aliphatic carbocycles. The maximum atomic E-state index is 13.0. The van der Waals surface area contributed by atoms with Gasteiger partial charge in [-0.2, -0.15) is 0 Å². The molecular weight excluding hydrogens is 352 g/mol. The highest BCUT2D eigenvalue weighted by atomic mass is 16.5. The lowest BCUT2D eigenvalue weighted by atomic mass is 9.57. The van der Waals surface area contributed by atoms with E-state index < -0.39 is 0 Å². The molecule has 2 saturated heterocycles. The largest absolute Gasteiger partial charge is 0.462 e. The van der Waals surface area contributed by atoms with Gasteiger partial charge in [0.25, 0.3) is 0 Å². The Bertz CT molecular complexity index is 964. The second-order valence-corrected chi connectivity index (χ2v) is 8.74. The molecule has 0 radical (unpaired) electrons. The molecule has 0 unspecified atom stereocenters.